The Labute approximate surface area is 295 Å². The number of hydrogen-bond donors (Lipinski definition) is 1. The number of nitrogens with zero attached hydrogens (tertiary/aromatic N) is 6. The van der Waals surface area contributed by atoms with E-state index in [1.54, 1.807) is 0 Å². The molecule has 0 spiro atoms. The van der Waals surface area contributed by atoms with Crippen LogP contribution in [0, 0.1) is 25.2 Å². The number of fused-ring (bicyclic) bond motifs is 2. The third-order valence-corrected chi connectivity index (χ3v) is 11.8. The van der Waals surface area contributed by atoms with Crippen molar-refractivity contribution in [1.82, 2.24) is 29.3 Å². The van der Waals surface area contributed by atoms with Crippen LogP contribution in [0.25, 0.3) is 11.0 Å². The molecule has 6 rings (SSSR count). The van der Waals surface area contributed by atoms with Crippen molar-refractivity contribution in [2.45, 2.75) is 78.0 Å². The lowest BCUT2D eigenvalue weighted by Crippen LogP contribution is -2.37. The number of nitrogens with one attached hydrogen (secondary N) is 1. The normalized spacial score (nSPS) is 17.2. The highest BCUT2D eigenvalue weighted by atomic mass is 32.2. The zero-order valence-electron chi connectivity index (χ0n) is 29.3. The number of alkyl halides is 3. The summed E-state index contributed by atoms with van der Waals surface area (Å²) in [5, 5.41) is 11.7. The number of hydrogen-bond acceptors (Lipinski definition) is 7. The van der Waals surface area contributed by atoms with Crippen LogP contribution >= 0.6 is 0 Å². The van der Waals surface area contributed by atoms with Crippen LogP contribution < -0.4 is 5.32 Å². The lowest BCUT2D eigenvalue weighted by atomic mass is 9.69. The Hall–Kier alpha value is -4.69. The number of anilines is 1. The summed E-state index contributed by atoms with van der Waals surface area (Å²) in [6.07, 6.45) is 0.0203. The zero-order chi connectivity index (χ0) is 36.9. The fourth-order valence-corrected chi connectivity index (χ4v) is 8.83. The van der Waals surface area contributed by atoms with Crippen molar-refractivity contribution >= 4 is 32.7 Å². The third-order valence-electron chi connectivity index (χ3n) is 9.86. The molecule has 0 radical (unpaired) electrons. The molecule has 51 heavy (non-hydrogen) atoms. The van der Waals surface area contributed by atoms with Crippen LogP contribution in [0.2, 0.25) is 0 Å². The summed E-state index contributed by atoms with van der Waals surface area (Å²) < 4.78 is 71.9. The number of rotatable bonds is 8. The molecular weight excluding hydrogens is 680 g/mol. The molecule has 0 unspecified atom stereocenters. The second-order valence-electron chi connectivity index (χ2n) is 13.9. The van der Waals surface area contributed by atoms with Gasteiger partial charge in [0.15, 0.2) is 0 Å². The zero-order valence-corrected chi connectivity index (χ0v) is 30.1. The summed E-state index contributed by atoms with van der Waals surface area (Å²) in [5.74, 6) is -1.05. The smallest absolute Gasteiger partial charge is 0.323 e. The van der Waals surface area contributed by atoms with Gasteiger partial charge >= 0.3 is 6.18 Å². The van der Waals surface area contributed by atoms with Crippen molar-refractivity contribution in [3.05, 3.63) is 106 Å². The monoisotopic (exact) mass is 719 g/mol. The van der Waals surface area contributed by atoms with E-state index in [-0.39, 0.29) is 41.8 Å². The molecule has 2 aromatic heterocycles. The molecule has 1 amide bonds. The second kappa shape index (κ2) is 13.5. The van der Waals surface area contributed by atoms with Crippen LogP contribution in [-0.4, -0.2) is 50.1 Å². The average Bonchev–Trinajstić information content (AvgIpc) is 3.47. The van der Waals surface area contributed by atoms with Crippen LogP contribution in [0.1, 0.15) is 72.6 Å². The molecule has 3 heterocycles. The summed E-state index contributed by atoms with van der Waals surface area (Å²) in [4.78, 5) is 22.1. The molecular formula is C37H40F3N7O3S. The van der Waals surface area contributed by atoms with Crippen molar-refractivity contribution in [2.24, 2.45) is 11.3 Å². The molecule has 14 heteroatoms. The second-order valence-corrected chi connectivity index (χ2v) is 15.8. The summed E-state index contributed by atoms with van der Waals surface area (Å²) >= 11 is 0. The van der Waals surface area contributed by atoms with E-state index >= 15 is 0 Å². The van der Waals surface area contributed by atoms with E-state index in [4.69, 9.17) is 0 Å². The van der Waals surface area contributed by atoms with Gasteiger partial charge in [-0.2, -0.15) is 17.5 Å². The molecule has 268 valence electrons. The minimum atomic E-state index is -4.59. The predicted octanol–water partition coefficient (Wildman–Crippen LogP) is 7.06. The number of aryl methyl sites for hydroxylation is 3. The fourth-order valence-electron chi connectivity index (χ4n) is 7.07. The Morgan fingerprint density at radius 3 is 2.45 bits per heavy atom. The molecule has 0 saturated carbocycles. The van der Waals surface area contributed by atoms with Gasteiger partial charge in [-0.1, -0.05) is 50.3 Å². The topological polar surface area (TPSA) is 123 Å². The highest BCUT2D eigenvalue weighted by Crippen LogP contribution is 2.45. The van der Waals surface area contributed by atoms with Crippen LogP contribution in [0.5, 0.6) is 0 Å². The molecule has 1 aliphatic rings. The molecule has 5 aromatic rings. The first kappa shape index (κ1) is 36.1. The van der Waals surface area contributed by atoms with Gasteiger partial charge in [-0.3, -0.25) is 4.79 Å². The van der Waals surface area contributed by atoms with Crippen LogP contribution in [0.4, 0.5) is 18.9 Å². The Morgan fingerprint density at radius 1 is 1.04 bits per heavy atom. The first-order valence-electron chi connectivity index (χ1n) is 16.7. The molecule has 1 N–H and O–H groups in total. The van der Waals surface area contributed by atoms with Gasteiger partial charge in [0.1, 0.15) is 11.8 Å². The number of aromatic nitrogens is 5. The van der Waals surface area contributed by atoms with Crippen LogP contribution in [-0.2, 0) is 40.5 Å². The first-order valence-corrected chi connectivity index (χ1v) is 18.1. The van der Waals surface area contributed by atoms with Crippen LogP contribution in [0.15, 0.2) is 72.1 Å². The van der Waals surface area contributed by atoms with E-state index in [0.29, 0.717) is 17.8 Å². The van der Waals surface area contributed by atoms with E-state index in [1.807, 2.05) is 76.6 Å². The maximum absolute atomic E-state index is 14.1. The van der Waals surface area contributed by atoms with Crippen molar-refractivity contribution in [3.63, 3.8) is 0 Å². The highest BCUT2D eigenvalue weighted by molar-refractivity contribution is 7.89. The molecule has 0 bridgehead atoms. The molecule has 10 nitrogen and oxygen atoms in total. The van der Waals surface area contributed by atoms with Crippen molar-refractivity contribution < 1.29 is 26.4 Å². The van der Waals surface area contributed by atoms with Crippen molar-refractivity contribution in [1.29, 1.82) is 0 Å². The summed E-state index contributed by atoms with van der Waals surface area (Å²) in [7, 11) is -4.15. The van der Waals surface area contributed by atoms with Crippen LogP contribution in [0.3, 0.4) is 0 Å². The van der Waals surface area contributed by atoms with E-state index in [0.717, 1.165) is 51.5 Å². The van der Waals surface area contributed by atoms with Gasteiger partial charge in [0, 0.05) is 25.6 Å². The van der Waals surface area contributed by atoms with Gasteiger partial charge in [-0.15, -0.1) is 5.10 Å². The largest absolute Gasteiger partial charge is 0.416 e. The third kappa shape index (κ3) is 6.86. The number of carbonyl (C=O) groups excluding carboxylic acids is 1. The fraction of sp³-hybridized carbons (Fsp3) is 0.378. The Bertz CT molecular complexity index is 2220. The van der Waals surface area contributed by atoms with Crippen molar-refractivity contribution in [3.8, 4) is 0 Å². The highest BCUT2D eigenvalue weighted by Gasteiger charge is 2.41. The van der Waals surface area contributed by atoms with Crippen molar-refractivity contribution in [2.75, 3.05) is 11.9 Å². The van der Waals surface area contributed by atoms with E-state index in [9.17, 15) is 26.4 Å². The van der Waals surface area contributed by atoms with Gasteiger partial charge in [-0.25, -0.2) is 23.1 Å². The molecule has 0 saturated heterocycles. The van der Waals surface area contributed by atoms with Gasteiger partial charge < -0.3 is 5.32 Å². The molecule has 3 aromatic carbocycles. The first-order chi connectivity index (χ1) is 24.0. The molecule has 0 aliphatic carbocycles. The number of benzene rings is 3. The lowest BCUT2D eigenvalue weighted by molar-refractivity contribution is -0.137. The molecule has 0 fully saturated rings. The minimum Gasteiger partial charge on any atom is -0.323 e. The number of amides is 1. The Morgan fingerprint density at radius 2 is 1.76 bits per heavy atom. The molecule has 1 aliphatic heterocycles. The Balaban J connectivity index is 1.44. The van der Waals surface area contributed by atoms with Gasteiger partial charge in [-0.05, 0) is 90.8 Å². The Kier molecular flexibility index (Phi) is 9.53. The van der Waals surface area contributed by atoms with Gasteiger partial charge in [0.25, 0.3) is 0 Å². The quantitative estimate of drug-likeness (QED) is 0.182. The minimum absolute atomic E-state index is 0.00362. The SMILES string of the molecule is CCn1nnc2c(C)c([C@H](c3ccc(C)c(CN4C[C@@H](C)Cc5cc(C(F)(F)F)ccc5S4(=O)=O)c3)C(C)(C)C(=O)Nc3cncnc3)ccc21. The maximum Gasteiger partial charge on any atom is 0.416 e. The van der Waals surface area contributed by atoms with E-state index < -0.39 is 33.1 Å². The predicted molar refractivity (Wildman–Crippen MR) is 187 cm³/mol. The van der Waals surface area contributed by atoms with E-state index in [1.165, 1.54) is 23.0 Å². The lowest BCUT2D eigenvalue weighted by Gasteiger charge is -2.35. The number of sulfonamides is 1. The standard InChI is InChI=1S/C37H40F3N7O3S/c1-7-47-31-12-11-30(24(4)34(31)44-45-47)33(36(5,6)35(48)43-29-17-41-21-42-18-29)25-9-8-23(3)27(15-25)20-46-19-22(2)14-26-16-28(37(38,39)40)10-13-32(26)51(46,49)50/h8-13,15-18,21-22,33H,7,14,19-20H2,1-6H3,(H,43,48)/t22-,33-/m0/s1. The van der Waals surface area contributed by atoms with E-state index in [2.05, 4.69) is 25.6 Å². The maximum atomic E-state index is 14.1. The average molecular weight is 720 g/mol. The summed E-state index contributed by atoms with van der Waals surface area (Å²) in [6.45, 7) is 12.1. The van der Waals surface area contributed by atoms with Gasteiger partial charge in [0.2, 0.25) is 15.9 Å². The summed E-state index contributed by atoms with van der Waals surface area (Å²) in [5.41, 5.74) is 4.30. The van der Waals surface area contributed by atoms with Gasteiger partial charge in [0.05, 0.1) is 39.5 Å². The number of carbonyl (C=O) groups is 1. The summed E-state index contributed by atoms with van der Waals surface area (Å²) in [6, 6.07) is 12.6. The molecule has 2 atom stereocenters. The number of halogens is 3.